The largest absolute Gasteiger partial charge is 0.321 e. The zero-order chi connectivity index (χ0) is 7.78. The van der Waals surface area contributed by atoms with Gasteiger partial charge in [0.1, 0.15) is 0 Å². The normalized spacial score (nSPS) is 39.6. The first-order chi connectivity index (χ1) is 4.52. The minimum absolute atomic E-state index is 0.0856. The molecule has 4 heteroatoms. The fourth-order valence-corrected chi connectivity index (χ4v) is 1.14. The second-order valence-corrected chi connectivity index (χ2v) is 3.64. The lowest BCUT2D eigenvalue weighted by Gasteiger charge is -2.18. The van der Waals surface area contributed by atoms with Crippen molar-refractivity contribution in [1.82, 2.24) is 0 Å². The van der Waals surface area contributed by atoms with Crippen molar-refractivity contribution in [3.63, 3.8) is 0 Å². The first-order valence-corrected chi connectivity index (χ1v) is 3.90. The van der Waals surface area contributed by atoms with Crippen LogP contribution in [0.25, 0.3) is 0 Å². The van der Waals surface area contributed by atoms with Crippen molar-refractivity contribution in [3.05, 3.63) is 23.3 Å². The molecule has 2 atom stereocenters. The van der Waals surface area contributed by atoms with Gasteiger partial charge in [0, 0.05) is 6.04 Å². The maximum Gasteiger partial charge on any atom is 0.218 e. The Bertz CT molecular complexity index is 200. The summed E-state index contributed by atoms with van der Waals surface area (Å²) in [4.78, 5) is 0. The van der Waals surface area contributed by atoms with Crippen LogP contribution in [0.4, 0.5) is 4.39 Å². The van der Waals surface area contributed by atoms with E-state index >= 15 is 0 Å². The van der Waals surface area contributed by atoms with Crippen LogP contribution in [0.15, 0.2) is 23.3 Å². The van der Waals surface area contributed by atoms with Crippen molar-refractivity contribution >= 4 is 27.5 Å². The van der Waals surface area contributed by atoms with Crippen LogP contribution in [-0.4, -0.2) is 10.6 Å². The van der Waals surface area contributed by atoms with Crippen molar-refractivity contribution < 1.29 is 4.39 Å². The van der Waals surface area contributed by atoms with E-state index in [-0.39, 0.29) is 11.1 Å². The first-order valence-electron chi connectivity index (χ1n) is 2.73. The zero-order valence-corrected chi connectivity index (χ0v) is 7.36. The van der Waals surface area contributed by atoms with Crippen LogP contribution in [0.1, 0.15) is 0 Å². The van der Waals surface area contributed by atoms with Crippen LogP contribution in [-0.2, 0) is 0 Å². The molecule has 10 heavy (non-hydrogen) atoms. The van der Waals surface area contributed by atoms with E-state index in [0.29, 0.717) is 0 Å². The summed E-state index contributed by atoms with van der Waals surface area (Å²) in [5, 5.41) is 0.0856. The molecule has 56 valence electrons. The molecule has 0 saturated heterocycles. The first kappa shape index (κ1) is 8.24. The molecule has 0 aromatic heterocycles. The van der Waals surface area contributed by atoms with Gasteiger partial charge in [-0.3, -0.25) is 0 Å². The van der Waals surface area contributed by atoms with Crippen LogP contribution >= 0.6 is 27.5 Å². The summed E-state index contributed by atoms with van der Waals surface area (Å²) in [5.41, 5.74) is 5.41. The van der Waals surface area contributed by atoms with Gasteiger partial charge >= 0.3 is 0 Å². The minimum atomic E-state index is -1.70. The summed E-state index contributed by atoms with van der Waals surface area (Å²) in [6, 6.07) is -0.270. The van der Waals surface area contributed by atoms with Crippen molar-refractivity contribution in [3.8, 4) is 0 Å². The monoisotopic (exact) mass is 225 g/mol. The molecule has 0 aromatic rings. The number of halogens is 3. The van der Waals surface area contributed by atoms with E-state index in [1.807, 2.05) is 0 Å². The van der Waals surface area contributed by atoms with E-state index in [2.05, 4.69) is 15.9 Å². The molecule has 1 nitrogen and oxygen atoms in total. The number of hydrogen-bond acceptors (Lipinski definition) is 1. The number of allylic oxidation sites excluding steroid dienone is 2. The second kappa shape index (κ2) is 2.64. The van der Waals surface area contributed by atoms with Crippen molar-refractivity contribution in [2.75, 3.05) is 0 Å². The molecular formula is C6H6BrClFN. The molecule has 1 aliphatic rings. The smallest absolute Gasteiger partial charge is 0.218 e. The van der Waals surface area contributed by atoms with Gasteiger partial charge in [-0.25, -0.2) is 4.39 Å². The summed E-state index contributed by atoms with van der Waals surface area (Å²) < 4.78 is 11.3. The van der Waals surface area contributed by atoms with Gasteiger partial charge in [0.2, 0.25) is 4.58 Å². The summed E-state index contributed by atoms with van der Waals surface area (Å²) in [6.07, 6.45) is 4.29. The Balaban J connectivity index is 2.87. The highest BCUT2D eigenvalue weighted by atomic mass is 79.9. The third-order valence-electron chi connectivity index (χ3n) is 1.18. The second-order valence-electron chi connectivity index (χ2n) is 2.07. The van der Waals surface area contributed by atoms with E-state index in [1.54, 1.807) is 6.08 Å². The minimum Gasteiger partial charge on any atom is -0.321 e. The molecular weight excluding hydrogens is 220 g/mol. The van der Waals surface area contributed by atoms with Crippen LogP contribution < -0.4 is 5.73 Å². The molecule has 0 bridgehead atoms. The molecule has 0 saturated carbocycles. The van der Waals surface area contributed by atoms with Crippen LogP contribution in [0.5, 0.6) is 0 Å². The Kier molecular flexibility index (Phi) is 2.18. The Morgan fingerprint density at radius 2 is 2.40 bits per heavy atom. The molecule has 1 aliphatic carbocycles. The fraction of sp³-hybridized carbons (Fsp3) is 0.333. The predicted molar refractivity (Wildman–Crippen MR) is 43.8 cm³/mol. The lowest BCUT2D eigenvalue weighted by molar-refractivity contribution is 0.424. The Morgan fingerprint density at radius 1 is 1.80 bits per heavy atom. The van der Waals surface area contributed by atoms with Gasteiger partial charge in [-0.1, -0.05) is 17.7 Å². The van der Waals surface area contributed by atoms with Gasteiger partial charge in [0.25, 0.3) is 0 Å². The van der Waals surface area contributed by atoms with Gasteiger partial charge in [-0.05, 0) is 28.1 Å². The lowest BCUT2D eigenvalue weighted by Crippen LogP contribution is -2.23. The van der Waals surface area contributed by atoms with E-state index < -0.39 is 4.58 Å². The Hall–Kier alpha value is 0.140. The molecule has 0 spiro atoms. The van der Waals surface area contributed by atoms with E-state index in [0.717, 1.165) is 0 Å². The molecule has 2 unspecified atom stereocenters. The van der Waals surface area contributed by atoms with Gasteiger partial charge in [0.05, 0.1) is 5.03 Å². The van der Waals surface area contributed by atoms with E-state index in [9.17, 15) is 4.39 Å². The number of alkyl halides is 2. The quantitative estimate of drug-likeness (QED) is 0.497. The Labute approximate surface area is 71.9 Å². The predicted octanol–water partition coefficient (Wildman–Crippen LogP) is 2.07. The van der Waals surface area contributed by atoms with Crippen LogP contribution in [0.3, 0.4) is 0 Å². The molecule has 1 rings (SSSR count). The number of hydrogen-bond donors (Lipinski definition) is 1. The molecule has 0 radical (unpaired) electrons. The molecule has 0 fully saturated rings. The maximum absolute atomic E-state index is 13.0. The SMILES string of the molecule is NC1C=CC(F)(Br)C(Cl)=C1. The molecule has 0 aliphatic heterocycles. The summed E-state index contributed by atoms with van der Waals surface area (Å²) in [5.74, 6) is 0. The fourth-order valence-electron chi connectivity index (χ4n) is 0.647. The summed E-state index contributed by atoms with van der Waals surface area (Å²) in [7, 11) is 0. The van der Waals surface area contributed by atoms with Crippen molar-refractivity contribution in [2.45, 2.75) is 10.6 Å². The third kappa shape index (κ3) is 1.59. The number of rotatable bonds is 0. The van der Waals surface area contributed by atoms with Crippen LogP contribution in [0, 0.1) is 0 Å². The maximum atomic E-state index is 13.0. The highest BCUT2D eigenvalue weighted by molar-refractivity contribution is 9.10. The zero-order valence-electron chi connectivity index (χ0n) is 5.02. The molecule has 0 aromatic carbocycles. The summed E-state index contributed by atoms with van der Waals surface area (Å²) >= 11 is 8.29. The summed E-state index contributed by atoms with van der Waals surface area (Å²) in [6.45, 7) is 0. The Morgan fingerprint density at radius 3 is 2.80 bits per heavy atom. The van der Waals surface area contributed by atoms with E-state index in [1.165, 1.54) is 12.2 Å². The van der Waals surface area contributed by atoms with Crippen LogP contribution in [0.2, 0.25) is 0 Å². The molecule has 0 amide bonds. The highest BCUT2D eigenvalue weighted by Crippen LogP contribution is 2.35. The topological polar surface area (TPSA) is 26.0 Å². The third-order valence-corrected chi connectivity index (χ3v) is 2.51. The highest BCUT2D eigenvalue weighted by Gasteiger charge is 2.29. The standard InChI is InChI=1S/C6H6BrClFN/c7-6(9)2-1-4(10)3-5(6)8/h1-4H,10H2. The lowest BCUT2D eigenvalue weighted by atomic mass is 10.1. The average molecular weight is 226 g/mol. The van der Waals surface area contributed by atoms with Gasteiger partial charge in [0.15, 0.2) is 0 Å². The van der Waals surface area contributed by atoms with Gasteiger partial charge in [-0.2, -0.15) is 0 Å². The average Bonchev–Trinajstić information content (AvgIpc) is 1.81. The van der Waals surface area contributed by atoms with Crippen molar-refractivity contribution in [1.29, 1.82) is 0 Å². The van der Waals surface area contributed by atoms with E-state index in [4.69, 9.17) is 17.3 Å². The molecule has 2 N–H and O–H groups in total. The van der Waals surface area contributed by atoms with Gasteiger partial charge in [-0.15, -0.1) is 0 Å². The van der Waals surface area contributed by atoms with Crippen molar-refractivity contribution in [2.24, 2.45) is 5.73 Å². The number of nitrogens with two attached hydrogens (primary N) is 1. The molecule has 0 heterocycles. The van der Waals surface area contributed by atoms with Gasteiger partial charge < -0.3 is 5.73 Å².